The lowest BCUT2D eigenvalue weighted by Gasteiger charge is -2.15. The van der Waals surface area contributed by atoms with E-state index < -0.39 is 0 Å². The summed E-state index contributed by atoms with van der Waals surface area (Å²) >= 11 is 5.99. The zero-order valence-corrected chi connectivity index (χ0v) is 9.06. The van der Waals surface area contributed by atoms with E-state index in [-0.39, 0.29) is 11.9 Å². The van der Waals surface area contributed by atoms with Crippen LogP contribution in [0.3, 0.4) is 0 Å². The first-order valence-electron chi connectivity index (χ1n) is 4.72. The molecule has 0 spiro atoms. The van der Waals surface area contributed by atoms with E-state index in [9.17, 15) is 4.79 Å². The molecule has 1 atom stereocenters. The van der Waals surface area contributed by atoms with Gasteiger partial charge in [-0.3, -0.25) is 4.79 Å². The fourth-order valence-electron chi connectivity index (χ4n) is 1.64. The van der Waals surface area contributed by atoms with Crippen molar-refractivity contribution in [3.8, 4) is 0 Å². The number of hydrogen-bond acceptors (Lipinski definition) is 2. The number of benzene rings is 1. The van der Waals surface area contributed by atoms with E-state index in [2.05, 4.69) is 10.6 Å². The van der Waals surface area contributed by atoms with Gasteiger partial charge in [-0.25, -0.2) is 0 Å². The van der Waals surface area contributed by atoms with Crippen molar-refractivity contribution in [1.82, 2.24) is 0 Å². The van der Waals surface area contributed by atoms with Gasteiger partial charge in [-0.05, 0) is 13.0 Å². The van der Waals surface area contributed by atoms with Gasteiger partial charge < -0.3 is 10.6 Å². The maximum absolute atomic E-state index is 11.5. The molecule has 0 saturated carbocycles. The quantitative estimate of drug-likeness (QED) is 0.647. The first kappa shape index (κ1) is 10.4. The van der Waals surface area contributed by atoms with Crippen molar-refractivity contribution in [2.24, 2.45) is 0 Å². The molecule has 2 rings (SSSR count). The monoisotopic (exact) mass is 220 g/mol. The fraction of sp³-hybridized carbons (Fsp3) is 0.300. The highest BCUT2D eigenvalue weighted by atomic mass is 35.5. The van der Waals surface area contributed by atoms with Crippen LogP contribution in [0.25, 0.3) is 0 Å². The molecule has 1 aliphatic heterocycles. The van der Waals surface area contributed by atoms with Gasteiger partial charge in [0.25, 0.3) is 0 Å². The maximum atomic E-state index is 11.5. The molecule has 0 bridgehead atoms. The predicted octanol–water partition coefficient (Wildman–Crippen LogP) is 1.28. The largest absolute Gasteiger partial charge is 0.381 e. The minimum Gasteiger partial charge on any atom is -0.381 e. The molecule has 2 radical (unpaired) electrons. The van der Waals surface area contributed by atoms with Gasteiger partial charge in [-0.15, -0.1) is 0 Å². The van der Waals surface area contributed by atoms with Crippen molar-refractivity contribution in [2.75, 3.05) is 10.6 Å². The minimum atomic E-state index is -0.0544. The molecule has 5 heteroatoms. The number of fused-ring (bicyclic) bond motifs is 1. The van der Waals surface area contributed by atoms with Crippen LogP contribution in [0.2, 0.25) is 5.02 Å². The second-order valence-corrected chi connectivity index (χ2v) is 4.09. The molecule has 0 aromatic heterocycles. The van der Waals surface area contributed by atoms with E-state index >= 15 is 0 Å². The number of carbonyl (C=O) groups excluding carboxylic acids is 1. The minimum absolute atomic E-state index is 0.0482. The summed E-state index contributed by atoms with van der Waals surface area (Å²) in [5.74, 6) is -0.0544. The Hall–Kier alpha value is -1.16. The summed E-state index contributed by atoms with van der Waals surface area (Å²) in [4.78, 5) is 11.5. The van der Waals surface area contributed by atoms with E-state index in [0.29, 0.717) is 28.3 Å². The van der Waals surface area contributed by atoms with Crippen LogP contribution in [0.1, 0.15) is 13.3 Å². The molecular formula is C10H10BClN2O. The molecule has 1 heterocycles. The summed E-state index contributed by atoms with van der Waals surface area (Å²) in [5.41, 5.74) is 1.87. The Labute approximate surface area is 94.6 Å². The zero-order valence-electron chi connectivity index (χ0n) is 8.30. The van der Waals surface area contributed by atoms with Gasteiger partial charge in [0.2, 0.25) is 5.91 Å². The summed E-state index contributed by atoms with van der Waals surface area (Å²) in [5, 5.41) is 6.41. The lowest BCUT2D eigenvalue weighted by atomic mass is 9.93. The van der Waals surface area contributed by atoms with E-state index in [1.165, 1.54) is 0 Å². The van der Waals surface area contributed by atoms with Gasteiger partial charge in [-0.1, -0.05) is 23.1 Å². The number of hydrogen-bond donors (Lipinski definition) is 2. The maximum Gasteiger partial charge on any atom is 0.226 e. The summed E-state index contributed by atoms with van der Waals surface area (Å²) in [6.07, 6.45) is 0.407. The van der Waals surface area contributed by atoms with Crippen LogP contribution in [0.5, 0.6) is 0 Å². The van der Waals surface area contributed by atoms with Crippen LogP contribution >= 0.6 is 11.6 Å². The standard InChI is InChI=1S/C10H10BClN2O/c1-5-4-8(15)14-10-7(12)3-2-6(11)9(10)13-5/h2-3,5,13H,4H2,1H3,(H,14,15)/t5-/m1/s1. The molecular weight excluding hydrogens is 210 g/mol. The topological polar surface area (TPSA) is 41.1 Å². The number of amides is 1. The van der Waals surface area contributed by atoms with E-state index in [1.54, 1.807) is 12.1 Å². The SMILES string of the molecule is [B]c1ccc(Cl)c2c1N[C@H](C)CC(=O)N2. The highest BCUT2D eigenvalue weighted by molar-refractivity contribution is 6.40. The summed E-state index contributed by atoms with van der Waals surface area (Å²) in [6, 6.07) is 3.44. The highest BCUT2D eigenvalue weighted by Crippen LogP contribution is 2.31. The van der Waals surface area contributed by atoms with Crippen LogP contribution < -0.4 is 16.1 Å². The molecule has 15 heavy (non-hydrogen) atoms. The molecule has 3 nitrogen and oxygen atoms in total. The second-order valence-electron chi connectivity index (χ2n) is 3.68. The molecule has 1 aromatic rings. The average Bonchev–Trinajstić information content (AvgIpc) is 2.31. The number of halogens is 1. The molecule has 2 N–H and O–H groups in total. The molecule has 1 aromatic carbocycles. The lowest BCUT2D eigenvalue weighted by molar-refractivity contribution is -0.116. The van der Waals surface area contributed by atoms with E-state index in [1.807, 2.05) is 6.92 Å². The molecule has 0 aliphatic carbocycles. The van der Waals surface area contributed by atoms with Gasteiger partial charge >= 0.3 is 0 Å². The lowest BCUT2D eigenvalue weighted by Crippen LogP contribution is -2.21. The number of rotatable bonds is 0. The van der Waals surface area contributed by atoms with Crippen LogP contribution in [-0.4, -0.2) is 19.8 Å². The number of carbonyl (C=O) groups is 1. The van der Waals surface area contributed by atoms with Crippen LogP contribution in [0.4, 0.5) is 11.4 Å². The van der Waals surface area contributed by atoms with Gasteiger partial charge in [-0.2, -0.15) is 0 Å². The van der Waals surface area contributed by atoms with Crippen molar-refractivity contribution in [2.45, 2.75) is 19.4 Å². The fourth-order valence-corrected chi connectivity index (χ4v) is 1.84. The Morgan fingerprint density at radius 2 is 2.20 bits per heavy atom. The third-order valence-electron chi connectivity index (χ3n) is 2.33. The van der Waals surface area contributed by atoms with Gasteiger partial charge in [0.05, 0.1) is 16.4 Å². The molecule has 0 fully saturated rings. The Morgan fingerprint density at radius 1 is 1.47 bits per heavy atom. The van der Waals surface area contributed by atoms with Crippen molar-refractivity contribution >= 4 is 42.2 Å². The molecule has 0 unspecified atom stereocenters. The first-order chi connectivity index (χ1) is 7.08. The Kier molecular flexibility index (Phi) is 2.61. The highest BCUT2D eigenvalue weighted by Gasteiger charge is 2.20. The van der Waals surface area contributed by atoms with Gasteiger partial charge in [0.15, 0.2) is 0 Å². The van der Waals surface area contributed by atoms with Crippen LogP contribution in [0, 0.1) is 0 Å². The van der Waals surface area contributed by atoms with Crippen molar-refractivity contribution in [1.29, 1.82) is 0 Å². The zero-order chi connectivity index (χ0) is 11.0. The Morgan fingerprint density at radius 3 is 2.93 bits per heavy atom. The second kappa shape index (κ2) is 3.78. The van der Waals surface area contributed by atoms with Crippen LogP contribution in [0.15, 0.2) is 12.1 Å². The third kappa shape index (κ3) is 1.95. The molecule has 0 saturated heterocycles. The first-order valence-corrected chi connectivity index (χ1v) is 5.10. The predicted molar refractivity (Wildman–Crippen MR) is 63.2 cm³/mol. The van der Waals surface area contributed by atoms with Crippen molar-refractivity contribution in [3.63, 3.8) is 0 Å². The third-order valence-corrected chi connectivity index (χ3v) is 2.65. The Bertz CT molecular complexity index is 422. The smallest absolute Gasteiger partial charge is 0.226 e. The molecule has 76 valence electrons. The Balaban J connectivity index is 2.54. The molecule has 1 amide bonds. The van der Waals surface area contributed by atoms with Gasteiger partial charge in [0, 0.05) is 12.5 Å². The van der Waals surface area contributed by atoms with E-state index in [0.717, 1.165) is 0 Å². The van der Waals surface area contributed by atoms with E-state index in [4.69, 9.17) is 19.4 Å². The van der Waals surface area contributed by atoms with Crippen molar-refractivity contribution in [3.05, 3.63) is 17.2 Å². The average molecular weight is 220 g/mol. The van der Waals surface area contributed by atoms with Gasteiger partial charge in [0.1, 0.15) is 7.85 Å². The summed E-state index contributed by atoms with van der Waals surface area (Å²) in [6.45, 7) is 1.93. The molecule has 1 aliphatic rings. The summed E-state index contributed by atoms with van der Waals surface area (Å²) in [7, 11) is 5.81. The number of anilines is 2. The normalized spacial score (nSPS) is 19.9. The van der Waals surface area contributed by atoms with Crippen LogP contribution in [-0.2, 0) is 4.79 Å². The van der Waals surface area contributed by atoms with Crippen molar-refractivity contribution < 1.29 is 4.79 Å². The summed E-state index contributed by atoms with van der Waals surface area (Å²) < 4.78 is 0. The number of nitrogens with one attached hydrogen (secondary N) is 2.